The van der Waals surface area contributed by atoms with Crippen LogP contribution in [-0.4, -0.2) is 32.5 Å². The van der Waals surface area contributed by atoms with Crippen molar-refractivity contribution in [2.24, 2.45) is 0 Å². The number of nitrogens with one attached hydrogen (secondary N) is 2. The Kier molecular flexibility index (Phi) is 9.02. The van der Waals surface area contributed by atoms with Crippen molar-refractivity contribution in [3.05, 3.63) is 83.4 Å². The molecule has 0 radical (unpaired) electrons. The summed E-state index contributed by atoms with van der Waals surface area (Å²) < 4.78 is 0. The molecule has 1 aliphatic heterocycles. The van der Waals surface area contributed by atoms with E-state index in [0.29, 0.717) is 17.8 Å². The van der Waals surface area contributed by atoms with Crippen molar-refractivity contribution in [2.75, 3.05) is 30.9 Å². The van der Waals surface area contributed by atoms with E-state index >= 15 is 0 Å². The number of halogens is 2. The van der Waals surface area contributed by atoms with Gasteiger partial charge in [-0.2, -0.15) is 0 Å². The topological polar surface area (TPSA) is 81.5 Å². The highest BCUT2D eigenvalue weighted by molar-refractivity contribution is 6.06. The van der Waals surface area contributed by atoms with Crippen LogP contribution in [-0.2, 0) is 17.6 Å². The number of likely N-dealkylation sites (N-methyl/N-ethyl adjacent to an activating group) is 1. The predicted octanol–water partition coefficient (Wildman–Crippen LogP) is -4.27. The lowest BCUT2D eigenvalue weighted by Crippen LogP contribution is -3.07. The molecule has 0 aliphatic carbocycles. The van der Waals surface area contributed by atoms with E-state index in [0.717, 1.165) is 45.9 Å². The summed E-state index contributed by atoms with van der Waals surface area (Å²) in [5, 5.41) is 2.97. The molecule has 0 bridgehead atoms. The number of carbonyl (C=O) groups excluding carboxylic acids is 2. The van der Waals surface area contributed by atoms with Crippen molar-refractivity contribution < 1.29 is 45.0 Å². The molecule has 1 heterocycles. The lowest BCUT2D eigenvalue weighted by atomic mass is 10.0. The maximum absolute atomic E-state index is 13.3. The lowest BCUT2D eigenvalue weighted by Gasteiger charge is -2.26. The SMILES string of the molecule is C[NH+](C)CC(=O)N1c2ccccc2CCc2ccc(NC(=O)c3ccc([NH3+])cc3)cc21.[Cl-].[Cl-]. The third-order valence-corrected chi connectivity index (χ3v) is 5.45. The number of hydrogen-bond donors (Lipinski definition) is 3. The maximum atomic E-state index is 13.3. The Morgan fingerprint density at radius 1 is 0.909 bits per heavy atom. The van der Waals surface area contributed by atoms with Gasteiger partial charge < -0.3 is 40.8 Å². The number of rotatable bonds is 4. The first kappa shape index (κ1) is 26.4. The number of quaternary nitrogens is 2. The third-order valence-electron chi connectivity index (χ3n) is 5.45. The molecule has 0 atom stereocenters. The van der Waals surface area contributed by atoms with Crippen molar-refractivity contribution in [1.82, 2.24) is 0 Å². The summed E-state index contributed by atoms with van der Waals surface area (Å²) in [7, 11) is 3.94. The molecule has 0 spiro atoms. The van der Waals surface area contributed by atoms with E-state index in [2.05, 4.69) is 17.1 Å². The zero-order chi connectivity index (χ0) is 22.0. The Morgan fingerprint density at radius 3 is 2.21 bits per heavy atom. The Hall–Kier alpha value is -2.90. The number of benzene rings is 3. The first-order valence-corrected chi connectivity index (χ1v) is 10.5. The average Bonchev–Trinajstić information content (AvgIpc) is 2.90. The highest BCUT2D eigenvalue weighted by Gasteiger charge is 2.27. The van der Waals surface area contributed by atoms with Gasteiger partial charge in [-0.25, -0.2) is 0 Å². The summed E-state index contributed by atoms with van der Waals surface area (Å²) in [4.78, 5) is 28.9. The minimum absolute atomic E-state index is 0. The molecule has 174 valence electrons. The Morgan fingerprint density at radius 2 is 1.55 bits per heavy atom. The second kappa shape index (κ2) is 11.3. The molecule has 0 saturated carbocycles. The van der Waals surface area contributed by atoms with E-state index in [-0.39, 0.29) is 36.6 Å². The molecule has 0 saturated heterocycles. The summed E-state index contributed by atoms with van der Waals surface area (Å²) in [6, 6.07) is 21.0. The fourth-order valence-electron chi connectivity index (χ4n) is 3.91. The predicted molar refractivity (Wildman–Crippen MR) is 122 cm³/mol. The van der Waals surface area contributed by atoms with Gasteiger partial charge in [0, 0.05) is 11.3 Å². The molecule has 33 heavy (non-hydrogen) atoms. The van der Waals surface area contributed by atoms with E-state index in [1.54, 1.807) is 12.1 Å². The van der Waals surface area contributed by atoms with Crippen LogP contribution in [0, 0.1) is 0 Å². The molecule has 4 rings (SSSR count). The van der Waals surface area contributed by atoms with Gasteiger partial charge in [0.2, 0.25) is 0 Å². The summed E-state index contributed by atoms with van der Waals surface area (Å²) in [6.07, 6.45) is 1.70. The molecule has 3 aromatic rings. The summed E-state index contributed by atoms with van der Waals surface area (Å²) >= 11 is 0. The fraction of sp³-hybridized carbons (Fsp3) is 0.200. The lowest BCUT2D eigenvalue weighted by molar-refractivity contribution is -0.849. The van der Waals surface area contributed by atoms with Crippen molar-refractivity contribution in [3.63, 3.8) is 0 Å². The first-order valence-electron chi connectivity index (χ1n) is 10.5. The smallest absolute Gasteiger partial charge is 0.286 e. The minimum atomic E-state index is -0.190. The van der Waals surface area contributed by atoms with Gasteiger partial charge in [-0.3, -0.25) is 14.5 Å². The molecule has 2 amide bonds. The maximum Gasteiger partial charge on any atom is 0.286 e. The van der Waals surface area contributed by atoms with Crippen LogP contribution in [0.1, 0.15) is 21.5 Å². The molecule has 1 aliphatic rings. The molecule has 3 aromatic carbocycles. The Labute approximate surface area is 206 Å². The Bertz CT molecular complexity index is 1130. The minimum Gasteiger partial charge on any atom is -1.00 e. The van der Waals surface area contributed by atoms with Crippen molar-refractivity contribution >= 4 is 34.6 Å². The summed E-state index contributed by atoms with van der Waals surface area (Å²) in [5.74, 6) is -0.158. The molecule has 0 aromatic heterocycles. The van der Waals surface area contributed by atoms with Gasteiger partial charge in [-0.05, 0) is 66.4 Å². The zero-order valence-electron chi connectivity index (χ0n) is 18.7. The largest absolute Gasteiger partial charge is 1.00 e. The fourth-order valence-corrected chi connectivity index (χ4v) is 3.91. The molecular weight excluding hydrogens is 459 g/mol. The van der Waals surface area contributed by atoms with Crippen LogP contribution in [0.2, 0.25) is 0 Å². The van der Waals surface area contributed by atoms with Gasteiger partial charge in [0.1, 0.15) is 5.69 Å². The average molecular weight is 487 g/mol. The molecule has 8 heteroatoms. The number of aryl methyl sites for hydroxylation is 2. The monoisotopic (exact) mass is 486 g/mol. The van der Waals surface area contributed by atoms with Gasteiger partial charge in [0.05, 0.1) is 25.5 Å². The normalized spacial score (nSPS) is 11.9. The zero-order valence-corrected chi connectivity index (χ0v) is 20.2. The van der Waals surface area contributed by atoms with E-state index < -0.39 is 0 Å². The third kappa shape index (κ3) is 5.92. The molecule has 0 unspecified atom stereocenters. The number of nitrogens with zero attached hydrogens (tertiary/aromatic N) is 1. The van der Waals surface area contributed by atoms with E-state index in [9.17, 15) is 9.59 Å². The van der Waals surface area contributed by atoms with Gasteiger partial charge in [-0.1, -0.05) is 24.3 Å². The number of anilines is 3. The van der Waals surface area contributed by atoms with Gasteiger partial charge in [-0.15, -0.1) is 0 Å². The van der Waals surface area contributed by atoms with Crippen molar-refractivity contribution in [3.8, 4) is 0 Å². The summed E-state index contributed by atoms with van der Waals surface area (Å²) in [6.45, 7) is 0.377. The number of hydrogen-bond acceptors (Lipinski definition) is 2. The van der Waals surface area contributed by atoms with Crippen LogP contribution in [0.25, 0.3) is 0 Å². The van der Waals surface area contributed by atoms with Crippen LogP contribution >= 0.6 is 0 Å². The quantitative estimate of drug-likeness (QED) is 0.349. The van der Waals surface area contributed by atoms with Crippen LogP contribution in [0.3, 0.4) is 0 Å². The summed E-state index contributed by atoms with van der Waals surface area (Å²) in [5.41, 5.74) is 9.95. The second-order valence-electron chi connectivity index (χ2n) is 8.24. The highest BCUT2D eigenvalue weighted by Crippen LogP contribution is 2.37. The molecule has 6 nitrogen and oxygen atoms in total. The van der Waals surface area contributed by atoms with E-state index in [4.69, 9.17) is 0 Å². The number of amides is 2. The Balaban J connectivity index is 0.00000193. The first-order chi connectivity index (χ1) is 14.9. The van der Waals surface area contributed by atoms with Crippen molar-refractivity contribution in [1.29, 1.82) is 0 Å². The van der Waals surface area contributed by atoms with Crippen LogP contribution in [0.4, 0.5) is 22.7 Å². The number of para-hydroxylation sites is 1. The number of fused-ring (bicyclic) bond motifs is 2. The molecule has 5 N–H and O–H groups in total. The molecular formula is C25H28Cl2N4O2. The standard InChI is InChI=1S/C25H26N4O2.2ClH/c1-28(2)16-24(30)29-22-6-4-3-5-17(22)7-8-18-11-14-21(15-23(18)29)27-25(31)19-9-12-20(26)13-10-19;;/h3-6,9-15H,7-8,16,26H2,1-2H3,(H,27,31);2*1H. The van der Waals surface area contributed by atoms with Gasteiger partial charge in [0.25, 0.3) is 11.8 Å². The molecule has 0 fully saturated rings. The van der Waals surface area contributed by atoms with E-state index in [1.807, 2.05) is 67.5 Å². The van der Waals surface area contributed by atoms with Crippen LogP contribution in [0.5, 0.6) is 0 Å². The van der Waals surface area contributed by atoms with Gasteiger partial charge in [0.15, 0.2) is 6.54 Å². The van der Waals surface area contributed by atoms with E-state index in [1.165, 1.54) is 0 Å². The van der Waals surface area contributed by atoms with Crippen LogP contribution < -0.4 is 45.7 Å². The van der Waals surface area contributed by atoms with Crippen LogP contribution in [0.15, 0.2) is 66.7 Å². The second-order valence-corrected chi connectivity index (χ2v) is 8.24. The van der Waals surface area contributed by atoms with Gasteiger partial charge >= 0.3 is 0 Å². The number of carbonyl (C=O) groups is 2. The highest BCUT2D eigenvalue weighted by atomic mass is 35.5. The van der Waals surface area contributed by atoms with Crippen molar-refractivity contribution in [2.45, 2.75) is 12.8 Å².